The van der Waals surface area contributed by atoms with Crippen molar-refractivity contribution in [2.24, 2.45) is 0 Å². The molecular formula is C15H17F3N6O4. The molecule has 0 amide bonds. The smallest absolute Gasteiger partial charge is 0.434 e. The summed E-state index contributed by atoms with van der Waals surface area (Å²) in [6.07, 6.45) is -6.60. The van der Waals surface area contributed by atoms with Crippen LogP contribution in [0.15, 0.2) is 24.5 Å². The number of alkyl halides is 3. The monoisotopic (exact) mass is 402 g/mol. The highest BCUT2D eigenvalue weighted by Gasteiger charge is 2.39. The van der Waals surface area contributed by atoms with Crippen molar-refractivity contribution in [3.8, 4) is 5.88 Å². The number of ether oxygens (including phenoxy) is 2. The molecule has 3 rings (SSSR count). The summed E-state index contributed by atoms with van der Waals surface area (Å²) in [6, 6.07) is 2.05. The highest BCUT2D eigenvalue weighted by molar-refractivity contribution is 5.34. The first-order valence-corrected chi connectivity index (χ1v) is 8.09. The summed E-state index contributed by atoms with van der Waals surface area (Å²) in [6.45, 7) is -0.246. The second-order valence-corrected chi connectivity index (χ2v) is 6.00. The van der Waals surface area contributed by atoms with E-state index in [0.29, 0.717) is 6.20 Å². The Morgan fingerprint density at radius 2 is 2.00 bits per heavy atom. The number of nitrogens with one attached hydrogen (secondary N) is 1. The van der Waals surface area contributed by atoms with Crippen LogP contribution in [0.3, 0.4) is 0 Å². The molecule has 1 fully saturated rings. The van der Waals surface area contributed by atoms with Gasteiger partial charge in [0, 0.05) is 6.07 Å². The van der Waals surface area contributed by atoms with Crippen molar-refractivity contribution in [1.82, 2.24) is 20.2 Å². The topological polar surface area (TPSA) is 149 Å². The van der Waals surface area contributed by atoms with Crippen LogP contribution in [0.4, 0.5) is 24.8 Å². The lowest BCUT2D eigenvalue weighted by Gasteiger charge is -2.37. The first-order chi connectivity index (χ1) is 13.2. The number of aliphatic hydroxyl groups is 2. The summed E-state index contributed by atoms with van der Waals surface area (Å²) in [4.78, 5) is 6.88. The number of hydrogen-bond donors (Lipinski definition) is 4. The van der Waals surface area contributed by atoms with Gasteiger partial charge in [0.25, 0.3) is 0 Å². The van der Waals surface area contributed by atoms with Gasteiger partial charge >= 0.3 is 6.18 Å². The molecule has 152 valence electrons. The maximum absolute atomic E-state index is 12.7. The molecule has 0 radical (unpaired) electrons. The third kappa shape index (κ3) is 4.74. The number of aromatic nitrogens is 4. The van der Waals surface area contributed by atoms with Crippen LogP contribution in [-0.2, 0) is 10.9 Å². The van der Waals surface area contributed by atoms with Gasteiger partial charge in [-0.1, -0.05) is 0 Å². The molecule has 2 aromatic heterocycles. The van der Waals surface area contributed by atoms with Gasteiger partial charge < -0.3 is 30.7 Å². The number of halogens is 3. The molecule has 10 nitrogen and oxygen atoms in total. The Morgan fingerprint density at radius 1 is 1.21 bits per heavy atom. The van der Waals surface area contributed by atoms with Crippen molar-refractivity contribution in [3.05, 3.63) is 30.2 Å². The third-order valence-electron chi connectivity index (χ3n) is 3.95. The number of nitrogen functional groups attached to an aromatic ring is 1. The van der Waals surface area contributed by atoms with E-state index in [9.17, 15) is 23.4 Å². The lowest BCUT2D eigenvalue weighted by Crippen LogP contribution is -2.57. The zero-order valence-corrected chi connectivity index (χ0v) is 14.2. The maximum atomic E-state index is 12.7. The summed E-state index contributed by atoms with van der Waals surface area (Å²) >= 11 is 0. The minimum Gasteiger partial charge on any atom is -0.474 e. The fourth-order valence-corrected chi connectivity index (χ4v) is 2.49. The first-order valence-electron chi connectivity index (χ1n) is 8.09. The average Bonchev–Trinajstić information content (AvgIpc) is 2.66. The molecule has 1 saturated heterocycles. The molecule has 0 saturated carbocycles. The van der Waals surface area contributed by atoms with E-state index in [1.807, 2.05) is 0 Å². The Kier molecular flexibility index (Phi) is 5.76. The Bertz CT molecular complexity index is 794. The largest absolute Gasteiger partial charge is 0.474 e. The number of nitrogens with two attached hydrogens (primary N) is 1. The maximum Gasteiger partial charge on any atom is 0.434 e. The molecule has 2 aromatic rings. The molecule has 0 aromatic carbocycles. The van der Waals surface area contributed by atoms with Crippen molar-refractivity contribution in [2.75, 3.05) is 24.3 Å². The lowest BCUT2D eigenvalue weighted by atomic mass is 9.98. The molecule has 0 spiro atoms. The first kappa shape index (κ1) is 20.0. The molecule has 0 bridgehead atoms. The highest BCUT2D eigenvalue weighted by atomic mass is 19.4. The van der Waals surface area contributed by atoms with Crippen LogP contribution < -0.4 is 15.8 Å². The van der Waals surface area contributed by atoms with Gasteiger partial charge in [0.2, 0.25) is 5.88 Å². The van der Waals surface area contributed by atoms with E-state index in [1.165, 1.54) is 12.1 Å². The van der Waals surface area contributed by atoms with E-state index < -0.39 is 36.2 Å². The van der Waals surface area contributed by atoms with Crippen molar-refractivity contribution in [3.63, 3.8) is 0 Å². The molecule has 0 unspecified atom stereocenters. The number of hydrogen-bond acceptors (Lipinski definition) is 10. The van der Waals surface area contributed by atoms with Crippen LogP contribution in [0, 0.1) is 0 Å². The molecule has 0 aliphatic carbocycles. The molecule has 3 heterocycles. The molecule has 1 aliphatic heterocycles. The van der Waals surface area contributed by atoms with Gasteiger partial charge in [-0.25, -0.2) is 4.98 Å². The second-order valence-electron chi connectivity index (χ2n) is 6.00. The van der Waals surface area contributed by atoms with Crippen LogP contribution in [0.25, 0.3) is 0 Å². The van der Waals surface area contributed by atoms with Crippen molar-refractivity contribution in [1.29, 1.82) is 0 Å². The normalized spacial score (nSPS) is 25.3. The van der Waals surface area contributed by atoms with Gasteiger partial charge in [0.15, 0.2) is 5.69 Å². The zero-order chi connectivity index (χ0) is 20.3. The summed E-state index contributed by atoms with van der Waals surface area (Å²) in [7, 11) is 0. The minimum absolute atomic E-state index is 0.113. The van der Waals surface area contributed by atoms with E-state index in [2.05, 4.69) is 25.5 Å². The Labute approximate surface area is 156 Å². The summed E-state index contributed by atoms with van der Waals surface area (Å²) in [5, 5.41) is 30.4. The predicted octanol–water partition coefficient (Wildman–Crippen LogP) is -0.152. The Balaban J connectivity index is 1.58. The highest BCUT2D eigenvalue weighted by Crippen LogP contribution is 2.28. The van der Waals surface area contributed by atoms with E-state index in [1.54, 1.807) is 0 Å². The fourth-order valence-electron chi connectivity index (χ4n) is 2.49. The van der Waals surface area contributed by atoms with Crippen molar-refractivity contribution < 1.29 is 32.9 Å². The predicted molar refractivity (Wildman–Crippen MR) is 88.1 cm³/mol. The SMILES string of the molecule is Nc1ccc(OC[C@H]2OC[C@H](Nc3cncc(C(F)(F)F)n3)[C@@H](O)[C@H]2O)nn1. The third-order valence-corrected chi connectivity index (χ3v) is 3.95. The van der Waals surface area contributed by atoms with E-state index in [4.69, 9.17) is 15.2 Å². The van der Waals surface area contributed by atoms with Gasteiger partial charge in [0.05, 0.1) is 25.0 Å². The van der Waals surface area contributed by atoms with E-state index >= 15 is 0 Å². The molecule has 5 N–H and O–H groups in total. The molecule has 13 heteroatoms. The van der Waals surface area contributed by atoms with Crippen molar-refractivity contribution in [2.45, 2.75) is 30.5 Å². The van der Waals surface area contributed by atoms with Crippen molar-refractivity contribution >= 4 is 11.6 Å². The minimum atomic E-state index is -4.65. The van der Waals surface area contributed by atoms with Gasteiger partial charge in [-0.3, -0.25) is 4.98 Å². The summed E-state index contributed by atoms with van der Waals surface area (Å²) in [5.74, 6) is 0.156. The molecule has 4 atom stereocenters. The van der Waals surface area contributed by atoms with E-state index in [-0.39, 0.29) is 30.7 Å². The van der Waals surface area contributed by atoms with Gasteiger partial charge in [-0.15, -0.1) is 10.2 Å². The number of rotatable bonds is 5. The van der Waals surface area contributed by atoms with Gasteiger partial charge in [0.1, 0.15) is 36.6 Å². The van der Waals surface area contributed by atoms with Gasteiger partial charge in [-0.05, 0) is 6.07 Å². The van der Waals surface area contributed by atoms with Crippen LogP contribution in [-0.4, -0.2) is 67.9 Å². The standard InChI is InChI=1S/C15H17F3N6O4/c16-15(17,18)9-3-20-4-11(22-9)21-7-5-27-8(14(26)13(7)25)6-28-12-2-1-10(19)23-24-12/h1-4,7-8,13-14,25-26H,5-6H2,(H2,19,23)(H,21,22)/t7-,8+,13+,14-/m0/s1. The number of aliphatic hydroxyl groups excluding tert-OH is 2. The fraction of sp³-hybridized carbons (Fsp3) is 0.467. The lowest BCUT2D eigenvalue weighted by molar-refractivity contribution is -0.150. The number of nitrogens with zero attached hydrogens (tertiary/aromatic N) is 4. The Morgan fingerprint density at radius 3 is 2.68 bits per heavy atom. The van der Waals surface area contributed by atoms with Gasteiger partial charge in [-0.2, -0.15) is 13.2 Å². The average molecular weight is 402 g/mol. The second kappa shape index (κ2) is 8.08. The Hall–Kier alpha value is -2.77. The van der Waals surface area contributed by atoms with Crippen LogP contribution >= 0.6 is 0 Å². The summed E-state index contributed by atoms with van der Waals surface area (Å²) in [5.41, 5.74) is 4.23. The zero-order valence-electron chi connectivity index (χ0n) is 14.2. The summed E-state index contributed by atoms with van der Waals surface area (Å²) < 4.78 is 48.9. The molecular weight excluding hydrogens is 385 g/mol. The van der Waals surface area contributed by atoms with Crippen LogP contribution in [0.2, 0.25) is 0 Å². The quantitative estimate of drug-likeness (QED) is 0.532. The van der Waals surface area contributed by atoms with Crippen LogP contribution in [0.5, 0.6) is 5.88 Å². The van der Waals surface area contributed by atoms with E-state index in [0.717, 1.165) is 6.20 Å². The molecule has 28 heavy (non-hydrogen) atoms. The molecule has 1 aliphatic rings. The number of anilines is 2. The van der Waals surface area contributed by atoms with Crippen LogP contribution in [0.1, 0.15) is 5.69 Å².